The fraction of sp³-hybridized carbons (Fsp3) is 0.444. The number of amides is 1. The molecule has 1 saturated heterocycles. The van der Waals surface area contributed by atoms with E-state index in [1.807, 2.05) is 29.2 Å². The molecule has 7 heteroatoms. The molecule has 0 saturated carbocycles. The Balaban J connectivity index is 1.99. The lowest BCUT2D eigenvalue weighted by atomic mass is 10.2. The van der Waals surface area contributed by atoms with Gasteiger partial charge in [0.25, 0.3) is 5.91 Å². The number of benzene rings is 1. The SMILES string of the molecule is N#C/C(=C/N1CCN(c2ccccc2)CC1)C(=O)N(CCO)CCO. The second kappa shape index (κ2) is 9.67. The first kappa shape index (κ1) is 18.8. The Morgan fingerprint density at radius 1 is 1.12 bits per heavy atom. The van der Waals surface area contributed by atoms with Crippen molar-refractivity contribution in [1.82, 2.24) is 9.80 Å². The topological polar surface area (TPSA) is 91.0 Å². The van der Waals surface area contributed by atoms with E-state index in [2.05, 4.69) is 17.0 Å². The first-order chi connectivity index (χ1) is 12.2. The fourth-order valence-electron chi connectivity index (χ4n) is 2.79. The van der Waals surface area contributed by atoms with Crippen molar-refractivity contribution >= 4 is 11.6 Å². The van der Waals surface area contributed by atoms with Crippen LogP contribution in [0.1, 0.15) is 0 Å². The first-order valence-corrected chi connectivity index (χ1v) is 8.36. The zero-order valence-electron chi connectivity index (χ0n) is 14.2. The third kappa shape index (κ3) is 5.21. The Kier molecular flexibility index (Phi) is 7.26. The molecule has 0 spiro atoms. The summed E-state index contributed by atoms with van der Waals surface area (Å²) in [6.07, 6.45) is 1.59. The van der Waals surface area contributed by atoms with Crippen LogP contribution in [-0.2, 0) is 4.79 Å². The van der Waals surface area contributed by atoms with Gasteiger partial charge in [0.15, 0.2) is 0 Å². The monoisotopic (exact) mass is 344 g/mol. The van der Waals surface area contributed by atoms with Gasteiger partial charge in [0, 0.05) is 51.2 Å². The van der Waals surface area contributed by atoms with Gasteiger partial charge in [0.1, 0.15) is 11.6 Å². The average molecular weight is 344 g/mol. The van der Waals surface area contributed by atoms with Gasteiger partial charge < -0.3 is 24.9 Å². The van der Waals surface area contributed by atoms with Gasteiger partial charge in [-0.25, -0.2) is 0 Å². The number of nitriles is 1. The molecule has 25 heavy (non-hydrogen) atoms. The van der Waals surface area contributed by atoms with Gasteiger partial charge in [0.2, 0.25) is 0 Å². The molecule has 1 aliphatic rings. The Hall–Kier alpha value is -2.56. The second-order valence-corrected chi connectivity index (χ2v) is 5.75. The molecule has 1 heterocycles. The molecule has 1 aromatic rings. The highest BCUT2D eigenvalue weighted by Gasteiger charge is 2.20. The van der Waals surface area contributed by atoms with Crippen LogP contribution in [0.3, 0.4) is 0 Å². The summed E-state index contributed by atoms with van der Waals surface area (Å²) in [4.78, 5) is 17.9. The molecule has 2 N–H and O–H groups in total. The van der Waals surface area contributed by atoms with E-state index in [1.54, 1.807) is 6.20 Å². The van der Waals surface area contributed by atoms with Crippen LogP contribution >= 0.6 is 0 Å². The third-order valence-corrected chi connectivity index (χ3v) is 4.13. The highest BCUT2D eigenvalue weighted by Crippen LogP contribution is 2.16. The smallest absolute Gasteiger partial charge is 0.266 e. The number of aliphatic hydroxyl groups excluding tert-OH is 2. The molecule has 1 aromatic carbocycles. The number of piperazine rings is 1. The number of hydrogen-bond acceptors (Lipinski definition) is 6. The van der Waals surface area contributed by atoms with E-state index in [-0.39, 0.29) is 31.9 Å². The molecule has 0 aliphatic carbocycles. The van der Waals surface area contributed by atoms with Gasteiger partial charge in [0.05, 0.1) is 13.2 Å². The molecule has 7 nitrogen and oxygen atoms in total. The zero-order chi connectivity index (χ0) is 18.1. The van der Waals surface area contributed by atoms with Crippen molar-refractivity contribution in [2.24, 2.45) is 0 Å². The molecule has 0 bridgehead atoms. The van der Waals surface area contributed by atoms with Crippen LogP contribution in [0.4, 0.5) is 5.69 Å². The van der Waals surface area contributed by atoms with E-state index in [1.165, 1.54) is 10.6 Å². The number of para-hydroxylation sites is 1. The maximum Gasteiger partial charge on any atom is 0.266 e. The van der Waals surface area contributed by atoms with Gasteiger partial charge in [-0.2, -0.15) is 5.26 Å². The number of anilines is 1. The lowest BCUT2D eigenvalue weighted by Gasteiger charge is -2.35. The normalized spacial score (nSPS) is 15.0. The minimum Gasteiger partial charge on any atom is -0.395 e. The molecular weight excluding hydrogens is 320 g/mol. The van der Waals surface area contributed by atoms with Crippen LogP contribution < -0.4 is 4.90 Å². The molecule has 0 atom stereocenters. The van der Waals surface area contributed by atoms with Gasteiger partial charge in [-0.15, -0.1) is 0 Å². The molecule has 0 unspecified atom stereocenters. The largest absolute Gasteiger partial charge is 0.395 e. The molecule has 1 fully saturated rings. The van der Waals surface area contributed by atoms with E-state index in [0.717, 1.165) is 13.1 Å². The zero-order valence-corrected chi connectivity index (χ0v) is 14.2. The van der Waals surface area contributed by atoms with E-state index < -0.39 is 5.91 Å². The summed E-state index contributed by atoms with van der Waals surface area (Å²) in [5, 5.41) is 27.4. The van der Waals surface area contributed by atoms with Crippen molar-refractivity contribution in [1.29, 1.82) is 5.26 Å². The summed E-state index contributed by atoms with van der Waals surface area (Å²) in [5.41, 5.74) is 1.19. The summed E-state index contributed by atoms with van der Waals surface area (Å²) in [5.74, 6) is -0.462. The Labute approximate surface area is 148 Å². The molecule has 1 aliphatic heterocycles. The summed E-state index contributed by atoms with van der Waals surface area (Å²) in [6.45, 7) is 2.83. The number of rotatable bonds is 7. The van der Waals surface area contributed by atoms with E-state index in [9.17, 15) is 10.1 Å². The minimum atomic E-state index is -0.462. The van der Waals surface area contributed by atoms with E-state index in [4.69, 9.17) is 10.2 Å². The molecule has 2 rings (SSSR count). The predicted molar refractivity (Wildman–Crippen MR) is 94.7 cm³/mol. The standard InChI is InChI=1S/C18H24N4O3/c19-14-16(18(25)22(10-12-23)11-13-24)15-20-6-8-21(9-7-20)17-4-2-1-3-5-17/h1-5,15,23-24H,6-13H2/b16-15-. The summed E-state index contributed by atoms with van der Waals surface area (Å²) in [6, 6.07) is 12.1. The Bertz CT molecular complexity index is 613. The van der Waals surface area contributed by atoms with Crippen LogP contribution in [0.2, 0.25) is 0 Å². The highest BCUT2D eigenvalue weighted by atomic mass is 16.3. The second-order valence-electron chi connectivity index (χ2n) is 5.75. The van der Waals surface area contributed by atoms with Gasteiger partial charge >= 0.3 is 0 Å². The number of carbonyl (C=O) groups excluding carboxylic acids is 1. The van der Waals surface area contributed by atoms with Gasteiger partial charge in [-0.1, -0.05) is 18.2 Å². The number of carbonyl (C=O) groups is 1. The number of hydrogen-bond donors (Lipinski definition) is 2. The van der Waals surface area contributed by atoms with Crippen LogP contribution in [-0.4, -0.2) is 78.4 Å². The van der Waals surface area contributed by atoms with Crippen molar-refractivity contribution in [3.63, 3.8) is 0 Å². The van der Waals surface area contributed by atoms with Crippen molar-refractivity contribution < 1.29 is 15.0 Å². The highest BCUT2D eigenvalue weighted by molar-refractivity contribution is 5.97. The molecule has 134 valence electrons. The number of aliphatic hydroxyl groups is 2. The van der Waals surface area contributed by atoms with Crippen LogP contribution in [0.25, 0.3) is 0 Å². The van der Waals surface area contributed by atoms with Crippen LogP contribution in [0.5, 0.6) is 0 Å². The van der Waals surface area contributed by atoms with Crippen molar-refractivity contribution in [2.45, 2.75) is 0 Å². The van der Waals surface area contributed by atoms with Crippen molar-refractivity contribution in [3.05, 3.63) is 42.1 Å². The van der Waals surface area contributed by atoms with Crippen LogP contribution in [0, 0.1) is 11.3 Å². The Morgan fingerprint density at radius 2 is 1.72 bits per heavy atom. The summed E-state index contributed by atoms with van der Waals surface area (Å²) >= 11 is 0. The van der Waals surface area contributed by atoms with Gasteiger partial charge in [-0.05, 0) is 12.1 Å². The summed E-state index contributed by atoms with van der Waals surface area (Å²) in [7, 11) is 0. The lowest BCUT2D eigenvalue weighted by molar-refractivity contribution is -0.127. The molecular formula is C18H24N4O3. The molecule has 0 aromatic heterocycles. The minimum absolute atomic E-state index is 0.0232. The van der Waals surface area contributed by atoms with E-state index in [0.29, 0.717) is 13.1 Å². The predicted octanol–water partition coefficient (Wildman–Crippen LogP) is 0.0293. The van der Waals surface area contributed by atoms with E-state index >= 15 is 0 Å². The first-order valence-electron chi connectivity index (χ1n) is 8.36. The molecule has 0 radical (unpaired) electrons. The Morgan fingerprint density at radius 3 is 2.24 bits per heavy atom. The number of nitrogens with zero attached hydrogens (tertiary/aromatic N) is 4. The van der Waals surface area contributed by atoms with Gasteiger partial charge in [-0.3, -0.25) is 4.79 Å². The lowest BCUT2D eigenvalue weighted by Crippen LogP contribution is -2.44. The van der Waals surface area contributed by atoms with Crippen molar-refractivity contribution in [3.8, 4) is 6.07 Å². The average Bonchev–Trinajstić information content (AvgIpc) is 2.66. The molecule has 1 amide bonds. The maximum absolute atomic E-state index is 12.4. The third-order valence-electron chi connectivity index (χ3n) is 4.13. The fourth-order valence-corrected chi connectivity index (χ4v) is 2.79. The maximum atomic E-state index is 12.4. The quantitative estimate of drug-likeness (QED) is 0.536. The summed E-state index contributed by atoms with van der Waals surface area (Å²) < 4.78 is 0. The van der Waals surface area contributed by atoms with Crippen LogP contribution in [0.15, 0.2) is 42.1 Å². The van der Waals surface area contributed by atoms with Crippen molar-refractivity contribution in [2.75, 3.05) is 57.4 Å².